The first-order valence-electron chi connectivity index (χ1n) is 6.55. The van der Waals surface area contributed by atoms with E-state index in [1.54, 1.807) is 11.9 Å². The molecule has 110 valence electrons. The quantitative estimate of drug-likeness (QED) is 0.711. The zero-order valence-electron chi connectivity index (χ0n) is 11.2. The monoisotopic (exact) mass is 291 g/mol. The summed E-state index contributed by atoms with van der Waals surface area (Å²) < 4.78 is 5.46. The normalized spacial score (nSPS) is 27.3. The van der Waals surface area contributed by atoms with Crippen LogP contribution in [0, 0.1) is 5.92 Å². The van der Waals surface area contributed by atoms with Crippen molar-refractivity contribution >= 4 is 24.2 Å². The van der Waals surface area contributed by atoms with E-state index < -0.39 is 0 Å². The summed E-state index contributed by atoms with van der Waals surface area (Å²) >= 11 is 0. The summed E-state index contributed by atoms with van der Waals surface area (Å²) in [5.41, 5.74) is 0. The van der Waals surface area contributed by atoms with E-state index in [4.69, 9.17) is 4.74 Å². The highest BCUT2D eigenvalue weighted by Gasteiger charge is 2.32. The fourth-order valence-electron chi connectivity index (χ4n) is 2.52. The van der Waals surface area contributed by atoms with Gasteiger partial charge in [0.15, 0.2) is 0 Å². The highest BCUT2D eigenvalue weighted by Crippen LogP contribution is 2.18. The Morgan fingerprint density at radius 3 is 2.84 bits per heavy atom. The standard InChI is InChI=1S/C12H21N3O3.ClH/c1-13-11(16)9-3-2-5-15(8-9)12(17)10-7-14-4-6-18-10;/h9-10,14H,2-8H2,1H3,(H,13,16);1H. The van der Waals surface area contributed by atoms with Crippen LogP contribution in [0.2, 0.25) is 0 Å². The number of morpholine rings is 1. The molecule has 2 rings (SSSR count). The maximum atomic E-state index is 12.2. The molecule has 2 aliphatic rings. The van der Waals surface area contributed by atoms with Gasteiger partial charge in [-0.05, 0) is 12.8 Å². The van der Waals surface area contributed by atoms with Crippen molar-refractivity contribution in [2.24, 2.45) is 5.92 Å². The number of carbonyl (C=O) groups is 2. The maximum Gasteiger partial charge on any atom is 0.253 e. The van der Waals surface area contributed by atoms with Gasteiger partial charge in [0, 0.05) is 33.2 Å². The topological polar surface area (TPSA) is 70.7 Å². The van der Waals surface area contributed by atoms with Gasteiger partial charge in [-0.1, -0.05) is 0 Å². The first-order chi connectivity index (χ1) is 8.72. The molecule has 0 saturated carbocycles. The number of nitrogens with zero attached hydrogens (tertiary/aromatic N) is 1. The summed E-state index contributed by atoms with van der Waals surface area (Å²) in [6, 6.07) is 0. The summed E-state index contributed by atoms with van der Waals surface area (Å²) in [4.78, 5) is 25.6. The van der Waals surface area contributed by atoms with Crippen molar-refractivity contribution in [3.8, 4) is 0 Å². The lowest BCUT2D eigenvalue weighted by atomic mass is 9.96. The Labute approximate surface area is 119 Å². The zero-order chi connectivity index (χ0) is 13.0. The van der Waals surface area contributed by atoms with Crippen LogP contribution in [0.5, 0.6) is 0 Å². The van der Waals surface area contributed by atoms with Crippen LogP contribution in [-0.2, 0) is 14.3 Å². The molecule has 0 aromatic rings. The third kappa shape index (κ3) is 4.06. The van der Waals surface area contributed by atoms with Crippen molar-refractivity contribution in [3.63, 3.8) is 0 Å². The molecule has 6 nitrogen and oxygen atoms in total. The third-order valence-electron chi connectivity index (χ3n) is 3.55. The van der Waals surface area contributed by atoms with Gasteiger partial charge in [-0.15, -0.1) is 12.4 Å². The lowest BCUT2D eigenvalue weighted by Gasteiger charge is -2.35. The van der Waals surface area contributed by atoms with Crippen LogP contribution in [-0.4, -0.2) is 62.7 Å². The number of amides is 2. The van der Waals surface area contributed by atoms with Crippen molar-refractivity contribution in [1.82, 2.24) is 15.5 Å². The molecule has 7 heteroatoms. The summed E-state index contributed by atoms with van der Waals surface area (Å²) in [6.45, 7) is 3.18. The van der Waals surface area contributed by atoms with E-state index in [0.717, 1.165) is 25.9 Å². The van der Waals surface area contributed by atoms with E-state index in [9.17, 15) is 9.59 Å². The van der Waals surface area contributed by atoms with Crippen molar-refractivity contribution in [3.05, 3.63) is 0 Å². The fourth-order valence-corrected chi connectivity index (χ4v) is 2.52. The lowest BCUT2D eigenvalue weighted by Crippen LogP contribution is -2.53. The number of hydrogen-bond acceptors (Lipinski definition) is 4. The second kappa shape index (κ2) is 7.67. The Balaban J connectivity index is 0.00000180. The predicted octanol–water partition coefficient (Wildman–Crippen LogP) is -0.619. The number of ether oxygens (including phenoxy) is 1. The van der Waals surface area contributed by atoms with Gasteiger partial charge in [0.2, 0.25) is 5.91 Å². The van der Waals surface area contributed by atoms with Gasteiger partial charge in [0.05, 0.1) is 12.5 Å². The van der Waals surface area contributed by atoms with E-state index in [1.807, 2.05) is 0 Å². The van der Waals surface area contributed by atoms with E-state index >= 15 is 0 Å². The molecule has 2 unspecified atom stereocenters. The molecule has 2 N–H and O–H groups in total. The van der Waals surface area contributed by atoms with Crippen molar-refractivity contribution in [2.75, 3.05) is 39.8 Å². The van der Waals surface area contributed by atoms with Crippen molar-refractivity contribution < 1.29 is 14.3 Å². The van der Waals surface area contributed by atoms with E-state index in [1.165, 1.54) is 0 Å². The van der Waals surface area contributed by atoms with Gasteiger partial charge in [-0.2, -0.15) is 0 Å². The minimum atomic E-state index is -0.387. The molecular weight excluding hydrogens is 270 g/mol. The second-order valence-electron chi connectivity index (χ2n) is 4.80. The molecule has 2 amide bonds. The summed E-state index contributed by atoms with van der Waals surface area (Å²) in [7, 11) is 1.64. The summed E-state index contributed by atoms with van der Waals surface area (Å²) in [5, 5.41) is 5.80. The highest BCUT2D eigenvalue weighted by molar-refractivity contribution is 5.85. The lowest BCUT2D eigenvalue weighted by molar-refractivity contribution is -0.148. The van der Waals surface area contributed by atoms with Gasteiger partial charge < -0.3 is 20.3 Å². The van der Waals surface area contributed by atoms with Crippen LogP contribution < -0.4 is 10.6 Å². The predicted molar refractivity (Wildman–Crippen MR) is 73.2 cm³/mol. The van der Waals surface area contributed by atoms with Gasteiger partial charge in [-0.25, -0.2) is 0 Å². The van der Waals surface area contributed by atoms with Crippen LogP contribution in [0.4, 0.5) is 0 Å². The Bertz CT molecular complexity index is 321. The van der Waals surface area contributed by atoms with Gasteiger partial charge in [-0.3, -0.25) is 9.59 Å². The molecular formula is C12H22ClN3O3. The first-order valence-corrected chi connectivity index (χ1v) is 6.55. The first kappa shape index (κ1) is 16.2. The van der Waals surface area contributed by atoms with Crippen LogP contribution >= 0.6 is 12.4 Å². The fraction of sp³-hybridized carbons (Fsp3) is 0.833. The Morgan fingerprint density at radius 2 is 2.21 bits per heavy atom. The van der Waals surface area contributed by atoms with E-state index in [-0.39, 0.29) is 36.2 Å². The van der Waals surface area contributed by atoms with Gasteiger partial charge in [0.1, 0.15) is 6.10 Å². The molecule has 0 spiro atoms. The van der Waals surface area contributed by atoms with Crippen LogP contribution in [0.25, 0.3) is 0 Å². The number of hydrogen-bond donors (Lipinski definition) is 2. The molecule has 0 aromatic heterocycles. The Morgan fingerprint density at radius 1 is 1.42 bits per heavy atom. The smallest absolute Gasteiger partial charge is 0.253 e. The number of likely N-dealkylation sites (tertiary alicyclic amines) is 1. The van der Waals surface area contributed by atoms with Gasteiger partial charge in [0.25, 0.3) is 5.91 Å². The van der Waals surface area contributed by atoms with E-state index in [0.29, 0.717) is 19.7 Å². The molecule has 2 aliphatic heterocycles. The minimum Gasteiger partial charge on any atom is -0.366 e. The Hall–Kier alpha value is -0.850. The molecule has 19 heavy (non-hydrogen) atoms. The zero-order valence-corrected chi connectivity index (χ0v) is 12.0. The minimum absolute atomic E-state index is 0. The molecule has 0 aromatic carbocycles. The molecule has 0 bridgehead atoms. The number of nitrogens with one attached hydrogen (secondary N) is 2. The van der Waals surface area contributed by atoms with E-state index in [2.05, 4.69) is 10.6 Å². The molecule has 0 radical (unpaired) electrons. The number of piperidine rings is 1. The summed E-state index contributed by atoms with van der Waals surface area (Å²) in [6.07, 6.45) is 1.35. The van der Waals surface area contributed by atoms with Crippen molar-refractivity contribution in [1.29, 1.82) is 0 Å². The molecule has 2 atom stereocenters. The summed E-state index contributed by atoms with van der Waals surface area (Å²) in [5.74, 6) is -0.0461. The molecule has 2 saturated heterocycles. The average molecular weight is 292 g/mol. The SMILES string of the molecule is CNC(=O)C1CCCN(C(=O)C2CNCCO2)C1.Cl. The second-order valence-corrected chi connectivity index (χ2v) is 4.80. The van der Waals surface area contributed by atoms with Crippen molar-refractivity contribution in [2.45, 2.75) is 18.9 Å². The highest BCUT2D eigenvalue weighted by atomic mass is 35.5. The Kier molecular flexibility index (Phi) is 6.54. The number of rotatable bonds is 2. The maximum absolute atomic E-state index is 12.2. The van der Waals surface area contributed by atoms with Crippen LogP contribution in [0.3, 0.4) is 0 Å². The number of carbonyl (C=O) groups excluding carboxylic acids is 2. The molecule has 2 heterocycles. The molecule has 2 fully saturated rings. The molecule has 0 aliphatic carbocycles. The average Bonchev–Trinajstić information content (AvgIpc) is 2.46. The van der Waals surface area contributed by atoms with Crippen LogP contribution in [0.1, 0.15) is 12.8 Å². The van der Waals surface area contributed by atoms with Gasteiger partial charge >= 0.3 is 0 Å². The number of halogens is 1. The van der Waals surface area contributed by atoms with Crippen LogP contribution in [0.15, 0.2) is 0 Å². The largest absolute Gasteiger partial charge is 0.366 e. The third-order valence-corrected chi connectivity index (χ3v) is 3.55.